The van der Waals surface area contributed by atoms with Crippen LogP contribution in [0.2, 0.25) is 10.3 Å². The second-order valence-corrected chi connectivity index (χ2v) is 15.5. The van der Waals surface area contributed by atoms with Crippen molar-refractivity contribution in [2.24, 2.45) is 0 Å². The van der Waals surface area contributed by atoms with Gasteiger partial charge >= 0.3 is 12.7 Å². The normalized spacial score (nSPS) is 12.2. The van der Waals surface area contributed by atoms with E-state index >= 15 is 0 Å². The van der Waals surface area contributed by atoms with Gasteiger partial charge in [-0.3, -0.25) is 9.13 Å². The first-order valence-corrected chi connectivity index (χ1v) is 19.1. The maximum Gasteiger partial charge on any atom is 0.573 e. The number of rotatable bonds is 8. The molecule has 0 saturated carbocycles. The maximum atomic E-state index is 12.3. The number of pyridine rings is 2. The highest BCUT2D eigenvalue weighted by Gasteiger charge is 2.32. The summed E-state index contributed by atoms with van der Waals surface area (Å²) in [6.45, 7) is 0. The first-order valence-electron chi connectivity index (χ1n) is 14.6. The summed E-state index contributed by atoms with van der Waals surface area (Å²) in [5.74, 6) is -0.736. The zero-order valence-electron chi connectivity index (χ0n) is 27.2. The van der Waals surface area contributed by atoms with Gasteiger partial charge in [-0.05, 0) is 72.8 Å². The van der Waals surface area contributed by atoms with E-state index in [0.717, 1.165) is 36.8 Å². The van der Waals surface area contributed by atoms with Crippen molar-refractivity contribution < 1.29 is 52.7 Å². The third kappa shape index (κ3) is 10.1. The number of hydrogen-bond acceptors (Lipinski definition) is 10. The number of imidazole rings is 2. The fraction of sp³-hybridized carbons (Fsp3) is 0.125. The Kier molecular flexibility index (Phi) is 11.3. The molecule has 0 N–H and O–H groups in total. The van der Waals surface area contributed by atoms with Gasteiger partial charge in [0.15, 0.2) is 40.0 Å². The Labute approximate surface area is 312 Å². The Hall–Kier alpha value is -5.18. The summed E-state index contributed by atoms with van der Waals surface area (Å²) in [5, 5.41) is 0.0543. The minimum atomic E-state index is -4.78. The van der Waals surface area contributed by atoms with E-state index in [1.165, 1.54) is 73.6 Å². The van der Waals surface area contributed by atoms with Crippen molar-refractivity contribution in [2.75, 3.05) is 12.5 Å². The highest BCUT2D eigenvalue weighted by atomic mass is 35.5. The molecule has 0 radical (unpaired) electrons. The van der Waals surface area contributed by atoms with Crippen LogP contribution < -0.4 is 9.47 Å². The summed E-state index contributed by atoms with van der Waals surface area (Å²) in [4.78, 5) is 15.8. The molecule has 284 valence electrons. The molecular weight excluding hydrogens is 813 g/mol. The molecule has 22 heteroatoms. The van der Waals surface area contributed by atoms with E-state index in [9.17, 15) is 43.2 Å². The van der Waals surface area contributed by atoms with Crippen LogP contribution >= 0.6 is 23.2 Å². The van der Waals surface area contributed by atoms with Gasteiger partial charge in [0.05, 0.1) is 35.2 Å². The molecule has 12 nitrogen and oxygen atoms in total. The van der Waals surface area contributed by atoms with E-state index in [2.05, 4.69) is 29.4 Å². The largest absolute Gasteiger partial charge is 0.573 e. The average Bonchev–Trinajstić information content (AvgIpc) is 3.66. The standard InChI is InChI=1S/2C16H11ClF3N3O3S/c2*1-27(24,25)13-7-4-11(8-21-13)23-9-22-15(17)14(23)10-2-5-12(6-3-10)26-16(18,19)20/h2*2-9H,1H3. The van der Waals surface area contributed by atoms with Crippen LogP contribution in [0.5, 0.6) is 11.5 Å². The Morgan fingerprint density at radius 3 is 1.13 bits per heavy atom. The van der Waals surface area contributed by atoms with Gasteiger partial charge in [0.1, 0.15) is 24.2 Å². The van der Waals surface area contributed by atoms with E-state index in [1.54, 1.807) is 9.13 Å². The average molecular weight is 836 g/mol. The zero-order chi connectivity index (χ0) is 39.6. The molecule has 0 saturated heterocycles. The third-order valence-electron chi connectivity index (χ3n) is 6.93. The van der Waals surface area contributed by atoms with Crippen LogP contribution in [0.3, 0.4) is 0 Å². The molecule has 0 aliphatic carbocycles. The summed E-state index contributed by atoms with van der Waals surface area (Å²) in [6, 6.07) is 15.9. The van der Waals surface area contributed by atoms with E-state index in [4.69, 9.17) is 23.2 Å². The number of nitrogens with zero attached hydrogens (tertiary/aromatic N) is 6. The van der Waals surface area contributed by atoms with E-state index < -0.39 is 32.4 Å². The van der Waals surface area contributed by atoms with Crippen molar-refractivity contribution in [3.05, 3.63) is 108 Å². The molecule has 4 aromatic heterocycles. The number of ether oxygens (including phenoxy) is 2. The molecule has 6 rings (SSSR count). The van der Waals surface area contributed by atoms with Gasteiger partial charge in [-0.1, -0.05) is 23.2 Å². The van der Waals surface area contributed by atoms with Gasteiger partial charge in [0.25, 0.3) is 0 Å². The van der Waals surface area contributed by atoms with Crippen LogP contribution in [-0.2, 0) is 19.7 Å². The summed E-state index contributed by atoms with van der Waals surface area (Å²) >= 11 is 12.2. The topological polar surface area (TPSA) is 148 Å². The fourth-order valence-corrected chi connectivity index (χ4v) is 6.27. The molecule has 0 aliphatic rings. The van der Waals surface area contributed by atoms with Gasteiger partial charge in [-0.15, -0.1) is 26.3 Å². The Balaban J connectivity index is 0.000000208. The summed E-state index contributed by atoms with van der Waals surface area (Å²) < 4.78 is 130. The number of aromatic nitrogens is 6. The van der Waals surface area contributed by atoms with Crippen LogP contribution in [0, 0.1) is 0 Å². The molecule has 0 aliphatic heterocycles. The molecule has 54 heavy (non-hydrogen) atoms. The Bertz CT molecular complexity index is 2300. The number of halogens is 8. The zero-order valence-corrected chi connectivity index (χ0v) is 30.4. The Morgan fingerprint density at radius 1 is 0.537 bits per heavy atom. The number of alkyl halides is 6. The summed E-state index contributed by atoms with van der Waals surface area (Å²) in [7, 11) is -6.89. The van der Waals surface area contributed by atoms with E-state index in [-0.39, 0.29) is 31.9 Å². The van der Waals surface area contributed by atoms with Crippen molar-refractivity contribution >= 4 is 42.9 Å². The highest BCUT2D eigenvalue weighted by Crippen LogP contribution is 2.34. The number of hydrogen-bond donors (Lipinski definition) is 0. The van der Waals surface area contributed by atoms with Crippen molar-refractivity contribution in [1.82, 2.24) is 29.1 Å². The summed E-state index contributed by atoms with van der Waals surface area (Å²) in [5.41, 5.74) is 2.74. The molecule has 0 amide bonds. The van der Waals surface area contributed by atoms with Crippen LogP contribution in [0.1, 0.15) is 0 Å². The van der Waals surface area contributed by atoms with Crippen LogP contribution in [0.15, 0.2) is 108 Å². The maximum absolute atomic E-state index is 12.3. The molecule has 4 heterocycles. The smallest absolute Gasteiger partial charge is 0.406 e. The van der Waals surface area contributed by atoms with Gasteiger partial charge in [0, 0.05) is 23.6 Å². The third-order valence-corrected chi connectivity index (χ3v) is 9.48. The second kappa shape index (κ2) is 15.3. The summed E-state index contributed by atoms with van der Waals surface area (Å²) in [6.07, 6.45) is -2.03. The minimum absolute atomic E-state index is 0.0901. The van der Waals surface area contributed by atoms with Gasteiger partial charge in [-0.25, -0.2) is 36.8 Å². The minimum Gasteiger partial charge on any atom is -0.406 e. The SMILES string of the molecule is CS(=O)(=O)c1ccc(-n2cnc(Cl)c2-c2ccc(OC(F)(F)F)cc2)cn1.CS(=O)(=O)c1ccc(-n2cnc(Cl)c2-c2ccc(OC(F)(F)F)cc2)cn1. The molecular formula is C32H22Cl2F6N6O6S2. The lowest BCUT2D eigenvalue weighted by Gasteiger charge is -2.11. The molecule has 0 bridgehead atoms. The molecule has 2 aromatic carbocycles. The van der Waals surface area contributed by atoms with E-state index in [0.29, 0.717) is 33.9 Å². The monoisotopic (exact) mass is 834 g/mol. The van der Waals surface area contributed by atoms with Crippen molar-refractivity contribution in [1.29, 1.82) is 0 Å². The quantitative estimate of drug-likeness (QED) is 0.139. The predicted molar refractivity (Wildman–Crippen MR) is 183 cm³/mol. The highest BCUT2D eigenvalue weighted by molar-refractivity contribution is 7.90. The first-order chi connectivity index (χ1) is 25.1. The second-order valence-electron chi connectivity index (χ2n) is 10.9. The number of benzene rings is 2. The predicted octanol–water partition coefficient (Wildman–Crippen LogP) is 7.78. The van der Waals surface area contributed by atoms with Crippen molar-refractivity contribution in [2.45, 2.75) is 22.8 Å². The van der Waals surface area contributed by atoms with E-state index in [1.807, 2.05) is 0 Å². The lowest BCUT2D eigenvalue weighted by atomic mass is 10.1. The van der Waals surface area contributed by atoms with Gasteiger partial charge < -0.3 is 9.47 Å². The molecule has 0 atom stereocenters. The van der Waals surface area contributed by atoms with Crippen LogP contribution in [0.25, 0.3) is 33.9 Å². The fourth-order valence-electron chi connectivity index (χ4n) is 4.66. The first kappa shape index (κ1) is 40.0. The van der Waals surface area contributed by atoms with Gasteiger partial charge in [0.2, 0.25) is 0 Å². The molecule has 6 aromatic rings. The van der Waals surface area contributed by atoms with Crippen LogP contribution in [-0.4, -0.2) is 71.1 Å². The lowest BCUT2D eigenvalue weighted by Crippen LogP contribution is -2.17. The molecule has 0 spiro atoms. The number of sulfone groups is 2. The Morgan fingerprint density at radius 2 is 0.870 bits per heavy atom. The van der Waals surface area contributed by atoms with Crippen LogP contribution in [0.4, 0.5) is 26.3 Å². The van der Waals surface area contributed by atoms with Crippen molar-refractivity contribution in [3.63, 3.8) is 0 Å². The van der Waals surface area contributed by atoms with Crippen molar-refractivity contribution in [3.8, 4) is 45.4 Å². The molecule has 0 unspecified atom stereocenters. The lowest BCUT2D eigenvalue weighted by molar-refractivity contribution is -0.275. The van der Waals surface area contributed by atoms with Gasteiger partial charge in [-0.2, -0.15) is 0 Å². The molecule has 0 fully saturated rings.